The molecular formula is C13H17NO6S. The second kappa shape index (κ2) is 8.25. The molecule has 0 saturated carbocycles. The third-order valence-electron chi connectivity index (χ3n) is 2.51. The number of aliphatic carboxylic acids is 1. The number of benzene rings is 1. The Morgan fingerprint density at radius 2 is 1.86 bits per heavy atom. The van der Waals surface area contributed by atoms with Gasteiger partial charge >= 0.3 is 5.97 Å². The zero-order valence-corrected chi connectivity index (χ0v) is 12.6. The molecule has 0 radical (unpaired) electrons. The molecule has 0 fully saturated rings. The SMILES string of the molecule is COc1ccc(CNC(=O)C[S@](=O)CC(=O)O)cc1OC. The smallest absolute Gasteiger partial charge is 0.316 e. The molecule has 0 aromatic heterocycles. The Bertz CT molecular complexity index is 545. The van der Waals surface area contributed by atoms with Crippen LogP contribution in [0.15, 0.2) is 18.2 Å². The summed E-state index contributed by atoms with van der Waals surface area (Å²) in [5.41, 5.74) is 0.782. The Hall–Kier alpha value is -2.09. The van der Waals surface area contributed by atoms with Crippen LogP contribution in [0, 0.1) is 0 Å². The van der Waals surface area contributed by atoms with E-state index in [-0.39, 0.29) is 12.3 Å². The van der Waals surface area contributed by atoms with Crippen LogP contribution in [0.4, 0.5) is 0 Å². The molecule has 1 rings (SSSR count). The monoisotopic (exact) mass is 315 g/mol. The summed E-state index contributed by atoms with van der Waals surface area (Å²) in [7, 11) is 1.33. The molecule has 0 heterocycles. The molecule has 0 saturated heterocycles. The van der Waals surface area contributed by atoms with Gasteiger partial charge < -0.3 is 19.9 Å². The highest BCUT2D eigenvalue weighted by Gasteiger charge is 2.11. The van der Waals surface area contributed by atoms with Crippen LogP contribution in [0.3, 0.4) is 0 Å². The van der Waals surface area contributed by atoms with Crippen molar-refractivity contribution in [3.8, 4) is 11.5 Å². The van der Waals surface area contributed by atoms with Crippen molar-refractivity contribution in [3.63, 3.8) is 0 Å². The first-order chi connectivity index (χ1) is 9.96. The number of carbonyl (C=O) groups excluding carboxylic acids is 1. The van der Waals surface area contributed by atoms with Crippen molar-refractivity contribution in [2.75, 3.05) is 25.7 Å². The molecule has 2 N–H and O–H groups in total. The molecule has 0 bridgehead atoms. The van der Waals surface area contributed by atoms with Crippen LogP contribution in [-0.2, 0) is 26.9 Å². The van der Waals surface area contributed by atoms with E-state index in [1.54, 1.807) is 18.2 Å². The fraction of sp³-hybridized carbons (Fsp3) is 0.385. The maximum absolute atomic E-state index is 11.5. The first kappa shape index (κ1) is 17.0. The lowest BCUT2D eigenvalue weighted by Gasteiger charge is -2.10. The van der Waals surface area contributed by atoms with E-state index in [0.29, 0.717) is 11.5 Å². The molecular weight excluding hydrogens is 298 g/mol. The van der Waals surface area contributed by atoms with E-state index in [0.717, 1.165) is 5.56 Å². The molecule has 1 atom stereocenters. The van der Waals surface area contributed by atoms with Crippen LogP contribution in [0.2, 0.25) is 0 Å². The molecule has 1 aromatic carbocycles. The van der Waals surface area contributed by atoms with Crippen LogP contribution in [0.25, 0.3) is 0 Å². The number of nitrogens with one attached hydrogen (secondary N) is 1. The number of carbonyl (C=O) groups is 2. The van der Waals surface area contributed by atoms with E-state index < -0.39 is 28.4 Å². The van der Waals surface area contributed by atoms with Gasteiger partial charge in [-0.3, -0.25) is 13.8 Å². The summed E-state index contributed by atoms with van der Waals surface area (Å²) < 4.78 is 21.5. The van der Waals surface area contributed by atoms with E-state index in [2.05, 4.69) is 5.32 Å². The van der Waals surface area contributed by atoms with Gasteiger partial charge in [-0.1, -0.05) is 6.07 Å². The van der Waals surface area contributed by atoms with E-state index in [1.807, 2.05) is 0 Å². The lowest BCUT2D eigenvalue weighted by Crippen LogP contribution is -2.29. The summed E-state index contributed by atoms with van der Waals surface area (Å²) in [5.74, 6) is -1.41. The highest BCUT2D eigenvalue weighted by Crippen LogP contribution is 2.27. The second-order valence-corrected chi connectivity index (χ2v) is 5.55. The molecule has 0 unspecified atom stereocenters. The second-order valence-electron chi connectivity index (χ2n) is 4.09. The number of carboxylic acids is 1. The standard InChI is InChI=1S/C13H17NO6S/c1-19-10-4-3-9(5-11(10)20-2)6-14-12(15)7-21(18)8-13(16)17/h3-5H,6-8H2,1-2H3,(H,14,15)(H,16,17)/t21-/m0/s1. The van der Waals surface area contributed by atoms with Gasteiger partial charge in [0.15, 0.2) is 11.5 Å². The highest BCUT2D eigenvalue weighted by molar-refractivity contribution is 7.86. The van der Waals surface area contributed by atoms with Gasteiger partial charge in [-0.25, -0.2) is 0 Å². The molecule has 8 heteroatoms. The number of rotatable bonds is 8. The van der Waals surface area contributed by atoms with Crippen molar-refractivity contribution in [3.05, 3.63) is 23.8 Å². The molecule has 0 aliphatic carbocycles. The number of amides is 1. The normalized spacial score (nSPS) is 11.5. The van der Waals surface area contributed by atoms with Gasteiger partial charge in [0, 0.05) is 17.3 Å². The Morgan fingerprint density at radius 1 is 1.19 bits per heavy atom. The van der Waals surface area contributed by atoms with Crippen LogP contribution in [0.5, 0.6) is 11.5 Å². The van der Waals surface area contributed by atoms with Gasteiger partial charge in [-0.2, -0.15) is 0 Å². The summed E-state index contributed by atoms with van der Waals surface area (Å²) >= 11 is 0. The summed E-state index contributed by atoms with van der Waals surface area (Å²) in [6.45, 7) is 0.226. The van der Waals surface area contributed by atoms with Gasteiger partial charge in [0.2, 0.25) is 5.91 Å². The van der Waals surface area contributed by atoms with E-state index in [9.17, 15) is 13.8 Å². The fourth-order valence-corrected chi connectivity index (χ4v) is 2.35. The maximum Gasteiger partial charge on any atom is 0.316 e. The van der Waals surface area contributed by atoms with Crippen molar-refractivity contribution in [1.82, 2.24) is 5.32 Å². The van der Waals surface area contributed by atoms with Crippen molar-refractivity contribution in [2.24, 2.45) is 0 Å². The zero-order valence-electron chi connectivity index (χ0n) is 11.8. The Morgan fingerprint density at radius 3 is 2.43 bits per heavy atom. The number of hydrogen-bond acceptors (Lipinski definition) is 5. The van der Waals surface area contributed by atoms with Crippen LogP contribution in [-0.4, -0.2) is 46.9 Å². The lowest BCUT2D eigenvalue weighted by atomic mass is 10.2. The summed E-state index contributed by atoms with van der Waals surface area (Å²) in [6, 6.07) is 5.19. The minimum atomic E-state index is -1.71. The van der Waals surface area contributed by atoms with Gasteiger partial charge in [0.25, 0.3) is 0 Å². The summed E-state index contributed by atoms with van der Waals surface area (Å²) in [4.78, 5) is 21.9. The highest BCUT2D eigenvalue weighted by atomic mass is 32.2. The Labute approximate surface area is 124 Å². The van der Waals surface area contributed by atoms with Crippen molar-refractivity contribution in [1.29, 1.82) is 0 Å². The van der Waals surface area contributed by atoms with Crippen LogP contribution >= 0.6 is 0 Å². The largest absolute Gasteiger partial charge is 0.493 e. The molecule has 0 spiro atoms. The Balaban J connectivity index is 2.53. The maximum atomic E-state index is 11.5. The molecule has 0 aliphatic rings. The molecule has 1 aromatic rings. The third-order valence-corrected chi connectivity index (χ3v) is 3.67. The Kier molecular flexibility index (Phi) is 6.67. The van der Waals surface area contributed by atoms with Gasteiger partial charge in [0.1, 0.15) is 11.5 Å². The van der Waals surface area contributed by atoms with E-state index in [4.69, 9.17) is 14.6 Å². The van der Waals surface area contributed by atoms with E-state index >= 15 is 0 Å². The summed E-state index contributed by atoms with van der Waals surface area (Å²) in [5, 5.41) is 11.0. The van der Waals surface area contributed by atoms with Gasteiger partial charge in [0.05, 0.1) is 14.2 Å². The average molecular weight is 315 g/mol. The quantitative estimate of drug-likeness (QED) is 0.708. The fourth-order valence-electron chi connectivity index (χ4n) is 1.58. The number of hydrogen-bond donors (Lipinski definition) is 2. The first-order valence-corrected chi connectivity index (χ1v) is 7.49. The average Bonchev–Trinajstić information content (AvgIpc) is 2.43. The predicted octanol–water partition coefficient (Wildman–Crippen LogP) is 0.153. The number of ether oxygens (including phenoxy) is 2. The molecule has 21 heavy (non-hydrogen) atoms. The molecule has 7 nitrogen and oxygen atoms in total. The first-order valence-electron chi connectivity index (χ1n) is 6.00. The van der Waals surface area contributed by atoms with Crippen molar-refractivity contribution in [2.45, 2.75) is 6.54 Å². The van der Waals surface area contributed by atoms with Crippen molar-refractivity contribution >= 4 is 22.7 Å². The molecule has 116 valence electrons. The van der Waals surface area contributed by atoms with Crippen LogP contribution in [0.1, 0.15) is 5.56 Å². The number of carboxylic acid groups (broad SMARTS) is 1. The number of methoxy groups -OCH3 is 2. The lowest BCUT2D eigenvalue weighted by molar-refractivity contribution is -0.133. The molecule has 0 aliphatic heterocycles. The van der Waals surface area contributed by atoms with Gasteiger partial charge in [-0.15, -0.1) is 0 Å². The minimum absolute atomic E-state index is 0.226. The van der Waals surface area contributed by atoms with Crippen LogP contribution < -0.4 is 14.8 Å². The molecule has 1 amide bonds. The predicted molar refractivity (Wildman–Crippen MR) is 76.9 cm³/mol. The summed E-state index contributed by atoms with van der Waals surface area (Å²) in [6.07, 6.45) is 0. The topological polar surface area (TPSA) is 102 Å². The third kappa shape index (κ3) is 5.82. The van der Waals surface area contributed by atoms with E-state index in [1.165, 1.54) is 14.2 Å². The minimum Gasteiger partial charge on any atom is -0.493 e. The van der Waals surface area contributed by atoms with Crippen molar-refractivity contribution < 1.29 is 28.4 Å². The zero-order chi connectivity index (χ0) is 15.8. The van der Waals surface area contributed by atoms with Gasteiger partial charge in [-0.05, 0) is 17.7 Å².